The van der Waals surface area contributed by atoms with Gasteiger partial charge in [0, 0.05) is 10.5 Å². The van der Waals surface area contributed by atoms with Crippen molar-refractivity contribution in [1.82, 2.24) is 4.90 Å². The predicted octanol–water partition coefficient (Wildman–Crippen LogP) is 1.62. The summed E-state index contributed by atoms with van der Waals surface area (Å²) in [6.45, 7) is 1.96. The molecule has 2 aliphatic carbocycles. The number of carbonyl (C=O) groups is 2. The topological polar surface area (TPSA) is 37.4 Å². The fraction of sp³-hybridized carbons (Fsp3) is 0.667. The number of likely N-dealkylation sites (tertiary alicyclic amines) is 1. The fourth-order valence-electron chi connectivity index (χ4n) is 3.43. The number of carbonyl (C=O) groups excluding carboxylic acids is 2. The maximum Gasteiger partial charge on any atom is 0.233 e. The molecule has 0 aromatic rings. The van der Waals surface area contributed by atoms with Gasteiger partial charge in [-0.1, -0.05) is 34.7 Å². The molecule has 3 aliphatic rings. The molecule has 2 bridgehead atoms. The molecule has 1 saturated carbocycles. The van der Waals surface area contributed by atoms with Crippen LogP contribution in [0.15, 0.2) is 12.2 Å². The third kappa shape index (κ3) is 1.19. The SMILES string of the molecule is CC(CI)N1C(=O)C2C3C=CC(C3)C2C1=O. The van der Waals surface area contributed by atoms with E-state index in [1.54, 1.807) is 0 Å². The van der Waals surface area contributed by atoms with Gasteiger partial charge in [0.05, 0.1) is 11.8 Å². The maximum absolute atomic E-state index is 12.3. The van der Waals surface area contributed by atoms with Gasteiger partial charge in [-0.3, -0.25) is 14.5 Å². The van der Waals surface area contributed by atoms with Gasteiger partial charge in [-0.15, -0.1) is 0 Å². The lowest BCUT2D eigenvalue weighted by atomic mass is 9.85. The van der Waals surface area contributed by atoms with Gasteiger partial charge in [0.25, 0.3) is 0 Å². The van der Waals surface area contributed by atoms with E-state index in [1.807, 2.05) is 6.92 Å². The molecule has 0 aromatic heterocycles. The molecule has 1 saturated heterocycles. The van der Waals surface area contributed by atoms with E-state index in [0.717, 1.165) is 10.8 Å². The highest BCUT2D eigenvalue weighted by Crippen LogP contribution is 2.52. The van der Waals surface area contributed by atoms with E-state index in [4.69, 9.17) is 0 Å². The summed E-state index contributed by atoms with van der Waals surface area (Å²) in [5.41, 5.74) is 0. The largest absolute Gasteiger partial charge is 0.278 e. The third-order valence-corrected chi connectivity index (χ3v) is 5.44. The Kier molecular flexibility index (Phi) is 2.38. The highest BCUT2D eigenvalue weighted by atomic mass is 127. The van der Waals surface area contributed by atoms with Crippen molar-refractivity contribution in [3.05, 3.63) is 12.2 Å². The van der Waals surface area contributed by atoms with Crippen LogP contribution in [-0.4, -0.2) is 27.2 Å². The summed E-state index contributed by atoms with van der Waals surface area (Å²) in [7, 11) is 0. The van der Waals surface area contributed by atoms with E-state index >= 15 is 0 Å². The van der Waals surface area contributed by atoms with Crippen LogP contribution in [0.1, 0.15) is 13.3 Å². The van der Waals surface area contributed by atoms with Crippen LogP contribution in [0, 0.1) is 23.7 Å². The number of alkyl halides is 1. The van der Waals surface area contributed by atoms with Crippen molar-refractivity contribution < 1.29 is 9.59 Å². The van der Waals surface area contributed by atoms with Gasteiger partial charge < -0.3 is 0 Å². The van der Waals surface area contributed by atoms with Crippen LogP contribution in [0.3, 0.4) is 0 Å². The zero-order valence-electron chi connectivity index (χ0n) is 9.10. The van der Waals surface area contributed by atoms with Crippen LogP contribution in [0.25, 0.3) is 0 Å². The van der Waals surface area contributed by atoms with E-state index in [1.165, 1.54) is 4.90 Å². The van der Waals surface area contributed by atoms with E-state index < -0.39 is 0 Å². The first kappa shape index (κ1) is 10.7. The van der Waals surface area contributed by atoms with Crippen LogP contribution >= 0.6 is 22.6 Å². The van der Waals surface area contributed by atoms with Crippen molar-refractivity contribution in [2.24, 2.45) is 23.7 Å². The fourth-order valence-corrected chi connectivity index (χ4v) is 3.82. The number of amides is 2. The molecule has 16 heavy (non-hydrogen) atoms. The zero-order valence-corrected chi connectivity index (χ0v) is 11.3. The number of hydrogen-bond acceptors (Lipinski definition) is 2. The molecular weight excluding hydrogens is 317 g/mol. The molecular formula is C12H14INO2. The summed E-state index contributed by atoms with van der Waals surface area (Å²) in [6.07, 6.45) is 5.28. The Bertz CT molecular complexity index is 362. The molecule has 2 fully saturated rings. The molecule has 0 spiro atoms. The van der Waals surface area contributed by atoms with E-state index in [0.29, 0.717) is 11.8 Å². The third-order valence-electron chi connectivity index (χ3n) is 4.17. The molecule has 0 aromatic carbocycles. The highest BCUT2D eigenvalue weighted by molar-refractivity contribution is 14.1. The van der Waals surface area contributed by atoms with Crippen LogP contribution in [0.5, 0.6) is 0 Å². The van der Waals surface area contributed by atoms with Crippen LogP contribution in [0.4, 0.5) is 0 Å². The number of nitrogens with zero attached hydrogens (tertiary/aromatic N) is 1. The Hall–Kier alpha value is -0.390. The Balaban J connectivity index is 1.94. The number of hydrogen-bond donors (Lipinski definition) is 0. The summed E-state index contributed by atoms with van der Waals surface area (Å²) >= 11 is 2.23. The van der Waals surface area contributed by atoms with Crippen molar-refractivity contribution >= 4 is 34.4 Å². The van der Waals surface area contributed by atoms with Crippen molar-refractivity contribution in [3.63, 3.8) is 0 Å². The lowest BCUT2D eigenvalue weighted by Crippen LogP contribution is -2.41. The first-order chi connectivity index (χ1) is 7.65. The molecule has 5 atom stereocenters. The number of rotatable bonds is 2. The van der Waals surface area contributed by atoms with Crippen LogP contribution in [0.2, 0.25) is 0 Å². The minimum Gasteiger partial charge on any atom is -0.278 e. The smallest absolute Gasteiger partial charge is 0.233 e. The maximum atomic E-state index is 12.3. The lowest BCUT2D eigenvalue weighted by molar-refractivity contribution is -0.142. The minimum absolute atomic E-state index is 0.0344. The van der Waals surface area contributed by atoms with E-state index in [-0.39, 0.29) is 29.7 Å². The second-order valence-electron chi connectivity index (χ2n) is 5.05. The zero-order chi connectivity index (χ0) is 11.4. The molecule has 2 amide bonds. The predicted molar refractivity (Wildman–Crippen MR) is 67.9 cm³/mol. The highest BCUT2D eigenvalue weighted by Gasteiger charge is 2.59. The van der Waals surface area contributed by atoms with E-state index in [9.17, 15) is 9.59 Å². The Morgan fingerprint density at radius 1 is 1.31 bits per heavy atom. The quantitative estimate of drug-likeness (QED) is 0.334. The van der Waals surface area contributed by atoms with Gasteiger partial charge >= 0.3 is 0 Å². The molecule has 1 aliphatic heterocycles. The molecule has 0 N–H and O–H groups in total. The Morgan fingerprint density at radius 2 is 1.81 bits per heavy atom. The number of halogens is 1. The molecule has 4 heteroatoms. The van der Waals surface area contributed by atoms with Gasteiger partial charge in [-0.2, -0.15) is 0 Å². The van der Waals surface area contributed by atoms with Crippen LogP contribution in [-0.2, 0) is 9.59 Å². The Labute approximate surface area is 108 Å². The number of fused-ring (bicyclic) bond motifs is 5. The standard InChI is InChI=1S/C12H14INO2/c1-6(5-13)14-11(15)9-7-2-3-8(4-7)10(9)12(14)16/h2-3,6-10H,4-5H2,1H3. The molecule has 86 valence electrons. The normalized spacial score (nSPS) is 42.0. The van der Waals surface area contributed by atoms with Crippen molar-refractivity contribution in [3.8, 4) is 0 Å². The lowest BCUT2D eigenvalue weighted by Gasteiger charge is -2.22. The van der Waals surface area contributed by atoms with Gasteiger partial charge in [0.1, 0.15) is 0 Å². The molecule has 0 radical (unpaired) electrons. The van der Waals surface area contributed by atoms with Crippen LogP contribution < -0.4 is 0 Å². The Morgan fingerprint density at radius 3 is 2.25 bits per heavy atom. The summed E-state index contributed by atoms with van der Waals surface area (Å²) in [4.78, 5) is 26.0. The van der Waals surface area contributed by atoms with Crippen molar-refractivity contribution in [1.29, 1.82) is 0 Å². The summed E-state index contributed by atoms with van der Waals surface area (Å²) in [5, 5.41) is 0. The van der Waals surface area contributed by atoms with E-state index in [2.05, 4.69) is 34.7 Å². The second kappa shape index (κ2) is 3.55. The first-order valence-corrected chi connectivity index (χ1v) is 7.29. The summed E-state index contributed by atoms with van der Waals surface area (Å²) < 4.78 is 0.817. The second-order valence-corrected chi connectivity index (χ2v) is 5.93. The monoisotopic (exact) mass is 331 g/mol. The average molecular weight is 331 g/mol. The summed E-state index contributed by atoms with van der Waals surface area (Å²) in [5.74, 6) is 0.753. The van der Waals surface area contributed by atoms with Gasteiger partial charge in [-0.05, 0) is 25.2 Å². The first-order valence-electron chi connectivity index (χ1n) is 5.76. The minimum atomic E-state index is -0.0344. The summed E-state index contributed by atoms with van der Waals surface area (Å²) in [6, 6.07) is 0.0469. The number of allylic oxidation sites excluding steroid dienone is 2. The van der Waals surface area contributed by atoms with Crippen molar-refractivity contribution in [2.75, 3.05) is 4.43 Å². The van der Waals surface area contributed by atoms with Gasteiger partial charge in [0.2, 0.25) is 11.8 Å². The van der Waals surface area contributed by atoms with Gasteiger partial charge in [0.15, 0.2) is 0 Å². The average Bonchev–Trinajstić information content (AvgIpc) is 2.92. The molecule has 3 rings (SSSR count). The van der Waals surface area contributed by atoms with Gasteiger partial charge in [-0.25, -0.2) is 0 Å². The number of imide groups is 1. The molecule has 3 nitrogen and oxygen atoms in total. The van der Waals surface area contributed by atoms with Crippen molar-refractivity contribution in [2.45, 2.75) is 19.4 Å². The molecule has 5 unspecified atom stereocenters. The molecule has 1 heterocycles.